The molecule has 0 aliphatic rings. The molecule has 0 fully saturated rings. The van der Waals surface area contributed by atoms with Crippen LogP contribution in [0.2, 0.25) is 0 Å². The van der Waals surface area contributed by atoms with Crippen LogP contribution in [0.25, 0.3) is 0 Å². The lowest BCUT2D eigenvalue weighted by atomic mass is 9.97. The van der Waals surface area contributed by atoms with Crippen molar-refractivity contribution in [2.75, 3.05) is 5.73 Å². The van der Waals surface area contributed by atoms with Crippen LogP contribution in [-0.2, 0) is 11.2 Å². The van der Waals surface area contributed by atoms with Crippen molar-refractivity contribution in [3.05, 3.63) is 28.8 Å². The van der Waals surface area contributed by atoms with Crippen LogP contribution in [0.15, 0.2) is 12.1 Å². The van der Waals surface area contributed by atoms with Gasteiger partial charge in [-0.2, -0.15) is 0 Å². The third-order valence-corrected chi connectivity index (χ3v) is 2.57. The van der Waals surface area contributed by atoms with Crippen LogP contribution in [-0.4, -0.2) is 5.91 Å². The van der Waals surface area contributed by atoms with E-state index in [9.17, 15) is 4.79 Å². The van der Waals surface area contributed by atoms with Gasteiger partial charge in [0.15, 0.2) is 0 Å². The van der Waals surface area contributed by atoms with E-state index in [-0.39, 0.29) is 5.91 Å². The van der Waals surface area contributed by atoms with Crippen LogP contribution in [0.1, 0.15) is 29.5 Å². The molecule has 1 aromatic rings. The average molecular weight is 206 g/mol. The van der Waals surface area contributed by atoms with Gasteiger partial charge < -0.3 is 11.5 Å². The molecule has 82 valence electrons. The lowest BCUT2D eigenvalue weighted by Gasteiger charge is -2.10. The molecule has 0 spiro atoms. The monoisotopic (exact) mass is 206 g/mol. The zero-order chi connectivity index (χ0) is 11.4. The van der Waals surface area contributed by atoms with E-state index >= 15 is 0 Å². The van der Waals surface area contributed by atoms with E-state index in [1.165, 1.54) is 16.7 Å². The number of primary amides is 1. The number of nitrogen functional groups attached to an aromatic ring is 1. The van der Waals surface area contributed by atoms with Crippen molar-refractivity contribution in [2.24, 2.45) is 5.73 Å². The SMILES string of the molecule is Cc1cc(N)cc(C)c1CCCC(N)=O. The number of amides is 1. The van der Waals surface area contributed by atoms with E-state index in [0.717, 1.165) is 18.5 Å². The summed E-state index contributed by atoms with van der Waals surface area (Å²) in [6.45, 7) is 4.09. The quantitative estimate of drug-likeness (QED) is 0.736. The molecule has 0 unspecified atom stereocenters. The second-order valence-corrected chi connectivity index (χ2v) is 3.95. The molecule has 0 aromatic heterocycles. The van der Waals surface area contributed by atoms with Crippen LogP contribution >= 0.6 is 0 Å². The van der Waals surface area contributed by atoms with E-state index in [0.29, 0.717) is 6.42 Å². The molecule has 0 atom stereocenters. The highest BCUT2D eigenvalue weighted by Gasteiger charge is 2.04. The molecule has 0 radical (unpaired) electrons. The summed E-state index contributed by atoms with van der Waals surface area (Å²) < 4.78 is 0. The molecular weight excluding hydrogens is 188 g/mol. The third kappa shape index (κ3) is 3.27. The predicted molar refractivity (Wildman–Crippen MR) is 62.5 cm³/mol. The van der Waals surface area contributed by atoms with Gasteiger partial charge >= 0.3 is 0 Å². The fourth-order valence-corrected chi connectivity index (χ4v) is 1.86. The first-order chi connectivity index (χ1) is 7.00. The molecular formula is C12H18N2O. The summed E-state index contributed by atoms with van der Waals surface area (Å²) in [5.74, 6) is -0.235. The molecule has 3 heteroatoms. The minimum absolute atomic E-state index is 0.235. The molecule has 1 amide bonds. The lowest BCUT2D eigenvalue weighted by molar-refractivity contribution is -0.118. The van der Waals surface area contributed by atoms with Crippen molar-refractivity contribution in [1.29, 1.82) is 0 Å². The summed E-state index contributed by atoms with van der Waals surface area (Å²) in [6.07, 6.45) is 2.14. The third-order valence-electron chi connectivity index (χ3n) is 2.57. The Bertz CT molecular complexity index is 349. The van der Waals surface area contributed by atoms with E-state index in [1.54, 1.807) is 0 Å². The van der Waals surface area contributed by atoms with Crippen LogP contribution in [0.4, 0.5) is 5.69 Å². The zero-order valence-electron chi connectivity index (χ0n) is 9.34. The Morgan fingerprint density at radius 2 is 1.80 bits per heavy atom. The molecule has 0 aliphatic carbocycles. The smallest absolute Gasteiger partial charge is 0.217 e. The minimum atomic E-state index is -0.235. The van der Waals surface area contributed by atoms with Gasteiger partial charge in [0.1, 0.15) is 0 Å². The minimum Gasteiger partial charge on any atom is -0.399 e. The largest absolute Gasteiger partial charge is 0.399 e. The van der Waals surface area contributed by atoms with Crippen molar-refractivity contribution in [1.82, 2.24) is 0 Å². The first-order valence-electron chi connectivity index (χ1n) is 5.14. The van der Waals surface area contributed by atoms with E-state index in [1.807, 2.05) is 26.0 Å². The molecule has 3 nitrogen and oxygen atoms in total. The van der Waals surface area contributed by atoms with Gasteiger partial charge in [-0.3, -0.25) is 4.79 Å². The summed E-state index contributed by atoms with van der Waals surface area (Å²) in [4.78, 5) is 10.6. The summed E-state index contributed by atoms with van der Waals surface area (Å²) in [5, 5.41) is 0. The number of nitrogens with two attached hydrogens (primary N) is 2. The molecule has 4 N–H and O–H groups in total. The van der Waals surface area contributed by atoms with Crippen LogP contribution in [0.3, 0.4) is 0 Å². The molecule has 15 heavy (non-hydrogen) atoms. The fraction of sp³-hybridized carbons (Fsp3) is 0.417. The summed E-state index contributed by atoms with van der Waals surface area (Å²) in [6, 6.07) is 3.93. The van der Waals surface area contributed by atoms with Gasteiger partial charge in [-0.05, 0) is 55.5 Å². The van der Waals surface area contributed by atoms with Crippen molar-refractivity contribution in [3.8, 4) is 0 Å². The number of rotatable bonds is 4. The fourth-order valence-electron chi connectivity index (χ4n) is 1.86. The molecule has 0 saturated heterocycles. The zero-order valence-corrected chi connectivity index (χ0v) is 9.34. The number of carbonyl (C=O) groups excluding carboxylic acids is 1. The number of anilines is 1. The van der Waals surface area contributed by atoms with Crippen LogP contribution in [0.5, 0.6) is 0 Å². The second-order valence-electron chi connectivity index (χ2n) is 3.95. The van der Waals surface area contributed by atoms with Gasteiger partial charge in [-0.15, -0.1) is 0 Å². The van der Waals surface area contributed by atoms with Crippen LogP contribution < -0.4 is 11.5 Å². The van der Waals surface area contributed by atoms with Gasteiger partial charge in [0, 0.05) is 12.1 Å². The highest BCUT2D eigenvalue weighted by atomic mass is 16.1. The summed E-state index contributed by atoms with van der Waals surface area (Å²) in [7, 11) is 0. The number of hydrogen-bond donors (Lipinski definition) is 2. The number of aryl methyl sites for hydroxylation is 2. The van der Waals surface area contributed by atoms with Crippen molar-refractivity contribution in [2.45, 2.75) is 33.1 Å². The lowest BCUT2D eigenvalue weighted by Crippen LogP contribution is -2.10. The second kappa shape index (κ2) is 4.82. The summed E-state index contributed by atoms with van der Waals surface area (Å²) in [5.41, 5.74) is 15.3. The van der Waals surface area contributed by atoms with Crippen molar-refractivity contribution in [3.63, 3.8) is 0 Å². The van der Waals surface area contributed by atoms with Gasteiger partial charge in [-0.25, -0.2) is 0 Å². The van der Waals surface area contributed by atoms with E-state index < -0.39 is 0 Å². The van der Waals surface area contributed by atoms with E-state index in [2.05, 4.69) is 0 Å². The van der Waals surface area contributed by atoms with Gasteiger partial charge in [0.05, 0.1) is 0 Å². The first-order valence-corrected chi connectivity index (χ1v) is 5.14. The van der Waals surface area contributed by atoms with Crippen molar-refractivity contribution >= 4 is 11.6 Å². The number of carbonyl (C=O) groups is 1. The average Bonchev–Trinajstić information content (AvgIpc) is 2.08. The highest BCUT2D eigenvalue weighted by Crippen LogP contribution is 2.19. The molecule has 0 aliphatic heterocycles. The molecule has 1 rings (SSSR count). The Labute approximate surface area is 90.5 Å². The Hall–Kier alpha value is -1.51. The maximum Gasteiger partial charge on any atom is 0.217 e. The maximum absolute atomic E-state index is 10.6. The Kier molecular flexibility index (Phi) is 3.72. The number of benzene rings is 1. The first kappa shape index (κ1) is 11.6. The standard InChI is InChI=1S/C12H18N2O/c1-8-6-10(13)7-9(2)11(8)4-3-5-12(14)15/h6-7H,3-5,13H2,1-2H3,(H2,14,15). The Morgan fingerprint density at radius 1 is 1.27 bits per heavy atom. The molecule has 0 saturated carbocycles. The summed E-state index contributed by atoms with van der Waals surface area (Å²) >= 11 is 0. The molecule has 1 aromatic carbocycles. The van der Waals surface area contributed by atoms with Gasteiger partial charge in [-0.1, -0.05) is 0 Å². The number of hydrogen-bond acceptors (Lipinski definition) is 2. The normalized spacial score (nSPS) is 10.3. The van der Waals surface area contributed by atoms with Crippen LogP contribution in [0, 0.1) is 13.8 Å². The molecule has 0 heterocycles. The van der Waals surface area contributed by atoms with Gasteiger partial charge in [0.2, 0.25) is 5.91 Å². The topological polar surface area (TPSA) is 69.1 Å². The predicted octanol–water partition coefficient (Wildman–Crippen LogP) is 1.69. The van der Waals surface area contributed by atoms with Crippen molar-refractivity contribution < 1.29 is 4.79 Å². The van der Waals surface area contributed by atoms with E-state index in [4.69, 9.17) is 11.5 Å². The highest BCUT2D eigenvalue weighted by molar-refractivity contribution is 5.73. The van der Waals surface area contributed by atoms with Gasteiger partial charge in [0.25, 0.3) is 0 Å². The maximum atomic E-state index is 10.6. The molecule has 0 bridgehead atoms. The Morgan fingerprint density at radius 3 is 2.27 bits per heavy atom. The Balaban J connectivity index is 2.72.